The molecule has 2 nitrogen and oxygen atoms in total. The molecule has 0 aliphatic carbocycles. The van der Waals surface area contributed by atoms with Gasteiger partial charge in [0.25, 0.3) is 0 Å². The van der Waals surface area contributed by atoms with Crippen LogP contribution in [0.15, 0.2) is 54.6 Å². The smallest absolute Gasteiger partial charge is 0.115 e. The molecule has 0 atom stereocenters. The summed E-state index contributed by atoms with van der Waals surface area (Å²) in [7, 11) is 0. The molecule has 0 aromatic heterocycles. The van der Waals surface area contributed by atoms with E-state index in [9.17, 15) is 0 Å². The Bertz CT molecular complexity index is 453. The molecule has 0 saturated heterocycles. The minimum absolute atomic E-state index is 0.174. The highest BCUT2D eigenvalue weighted by Crippen LogP contribution is 2.23. The van der Waals surface area contributed by atoms with E-state index in [0.29, 0.717) is 11.5 Å². The first-order chi connectivity index (χ1) is 8.39. The van der Waals surface area contributed by atoms with Crippen molar-refractivity contribution in [2.24, 2.45) is 0 Å². The van der Waals surface area contributed by atoms with Crippen LogP contribution in [0.4, 0.5) is 0 Å². The van der Waals surface area contributed by atoms with Gasteiger partial charge in [-0.2, -0.15) is 0 Å². The zero-order valence-electron chi connectivity index (χ0n) is 11.1. The van der Waals surface area contributed by atoms with Crippen molar-refractivity contribution in [2.45, 2.75) is 26.2 Å². The molecule has 0 saturated carbocycles. The fraction of sp³-hybridized carbons (Fsp3) is 0.250. The molecule has 0 heterocycles. The number of phenolic OH excluding ortho intramolecular Hbond substituents is 2. The van der Waals surface area contributed by atoms with Gasteiger partial charge in [-0.3, -0.25) is 0 Å². The summed E-state index contributed by atoms with van der Waals surface area (Å²) in [5.74, 6) is 0.653. The molecule has 0 unspecified atom stereocenters. The number of hydrogen-bond donors (Lipinski definition) is 2. The summed E-state index contributed by atoms with van der Waals surface area (Å²) in [6.45, 7) is 6.46. The van der Waals surface area contributed by atoms with E-state index in [1.54, 1.807) is 36.4 Å². The molecule has 2 heteroatoms. The fourth-order valence-corrected chi connectivity index (χ4v) is 1.39. The largest absolute Gasteiger partial charge is 0.508 e. The van der Waals surface area contributed by atoms with Gasteiger partial charge in [-0.05, 0) is 35.2 Å². The normalized spacial score (nSPS) is 10.4. The summed E-state index contributed by atoms with van der Waals surface area (Å²) in [5, 5.41) is 17.7. The van der Waals surface area contributed by atoms with Crippen molar-refractivity contribution in [1.82, 2.24) is 0 Å². The molecule has 18 heavy (non-hydrogen) atoms. The summed E-state index contributed by atoms with van der Waals surface area (Å²) in [6, 6.07) is 16.1. The summed E-state index contributed by atoms with van der Waals surface area (Å²) in [4.78, 5) is 0. The maximum atomic E-state index is 9.02. The van der Waals surface area contributed by atoms with E-state index in [1.807, 2.05) is 18.2 Å². The first-order valence-electron chi connectivity index (χ1n) is 5.93. The lowest BCUT2D eigenvalue weighted by Gasteiger charge is -2.18. The topological polar surface area (TPSA) is 40.5 Å². The molecular weight excluding hydrogens is 224 g/mol. The molecule has 0 aliphatic heterocycles. The number of rotatable bonds is 0. The standard InChI is InChI=1S/C10H14O.C6H6O/c1-10(2,3)8-4-6-9(11)7-5-8;7-6-4-2-1-3-5-6/h4-7,11H,1-3H3;1-5,7H. The van der Waals surface area contributed by atoms with Crippen molar-refractivity contribution in [3.63, 3.8) is 0 Å². The van der Waals surface area contributed by atoms with Gasteiger partial charge < -0.3 is 10.2 Å². The average Bonchev–Trinajstić information content (AvgIpc) is 2.30. The molecule has 96 valence electrons. The Balaban J connectivity index is 0.000000199. The minimum Gasteiger partial charge on any atom is -0.508 e. The number of para-hydroxylation sites is 1. The molecule has 0 bridgehead atoms. The van der Waals surface area contributed by atoms with E-state index in [0.717, 1.165) is 0 Å². The van der Waals surface area contributed by atoms with Crippen molar-refractivity contribution in [3.8, 4) is 11.5 Å². The van der Waals surface area contributed by atoms with E-state index >= 15 is 0 Å². The molecule has 0 fully saturated rings. The van der Waals surface area contributed by atoms with Gasteiger partial charge in [0.15, 0.2) is 0 Å². The van der Waals surface area contributed by atoms with Gasteiger partial charge >= 0.3 is 0 Å². The number of hydrogen-bond acceptors (Lipinski definition) is 2. The lowest BCUT2D eigenvalue weighted by atomic mass is 9.87. The Kier molecular flexibility index (Phi) is 4.78. The summed E-state index contributed by atoms with van der Waals surface area (Å²) in [6.07, 6.45) is 0. The van der Waals surface area contributed by atoms with Crippen LogP contribution < -0.4 is 0 Å². The Morgan fingerprint density at radius 1 is 0.667 bits per heavy atom. The highest BCUT2D eigenvalue weighted by atomic mass is 16.3. The zero-order valence-corrected chi connectivity index (χ0v) is 11.1. The second kappa shape index (κ2) is 6.10. The molecule has 2 aromatic rings. The van der Waals surface area contributed by atoms with Crippen LogP contribution in [0.3, 0.4) is 0 Å². The maximum absolute atomic E-state index is 9.02. The minimum atomic E-state index is 0.174. The van der Waals surface area contributed by atoms with Crippen LogP contribution in [0.1, 0.15) is 26.3 Å². The number of phenols is 2. The highest BCUT2D eigenvalue weighted by Gasteiger charge is 2.12. The Morgan fingerprint density at radius 2 is 1.11 bits per heavy atom. The monoisotopic (exact) mass is 244 g/mol. The SMILES string of the molecule is CC(C)(C)c1ccc(O)cc1.Oc1ccccc1. The van der Waals surface area contributed by atoms with E-state index in [1.165, 1.54) is 5.56 Å². The van der Waals surface area contributed by atoms with E-state index < -0.39 is 0 Å². The second-order valence-corrected chi connectivity index (χ2v) is 5.13. The van der Waals surface area contributed by atoms with Crippen LogP contribution in [-0.4, -0.2) is 10.2 Å². The van der Waals surface area contributed by atoms with E-state index in [-0.39, 0.29) is 5.41 Å². The molecule has 2 aromatic carbocycles. The van der Waals surface area contributed by atoms with Crippen molar-refractivity contribution < 1.29 is 10.2 Å². The van der Waals surface area contributed by atoms with Gasteiger partial charge in [0.05, 0.1) is 0 Å². The number of aromatic hydroxyl groups is 2. The van der Waals surface area contributed by atoms with Crippen molar-refractivity contribution in [1.29, 1.82) is 0 Å². The first kappa shape index (κ1) is 14.1. The van der Waals surface area contributed by atoms with Gasteiger partial charge in [0.1, 0.15) is 11.5 Å². The van der Waals surface area contributed by atoms with Gasteiger partial charge in [-0.25, -0.2) is 0 Å². The predicted octanol–water partition coefficient (Wildman–Crippen LogP) is 4.08. The van der Waals surface area contributed by atoms with Crippen LogP contribution >= 0.6 is 0 Å². The maximum Gasteiger partial charge on any atom is 0.115 e. The van der Waals surface area contributed by atoms with Crippen molar-refractivity contribution in [2.75, 3.05) is 0 Å². The van der Waals surface area contributed by atoms with Gasteiger partial charge in [0, 0.05) is 0 Å². The third kappa shape index (κ3) is 4.91. The van der Waals surface area contributed by atoms with Crippen LogP contribution in [0.2, 0.25) is 0 Å². The zero-order chi connectivity index (χ0) is 13.6. The van der Waals surface area contributed by atoms with Crippen molar-refractivity contribution in [3.05, 3.63) is 60.2 Å². The molecular formula is C16H20O2. The van der Waals surface area contributed by atoms with Gasteiger partial charge in [-0.15, -0.1) is 0 Å². The third-order valence-corrected chi connectivity index (χ3v) is 2.49. The van der Waals surface area contributed by atoms with Gasteiger partial charge in [0.2, 0.25) is 0 Å². The van der Waals surface area contributed by atoms with Crippen molar-refractivity contribution >= 4 is 0 Å². The average molecular weight is 244 g/mol. The van der Waals surface area contributed by atoms with Crippen LogP contribution in [0.25, 0.3) is 0 Å². The number of benzene rings is 2. The highest BCUT2D eigenvalue weighted by molar-refractivity contribution is 5.29. The summed E-state index contributed by atoms with van der Waals surface area (Å²) >= 11 is 0. The fourth-order valence-electron chi connectivity index (χ4n) is 1.39. The predicted molar refractivity (Wildman–Crippen MR) is 74.9 cm³/mol. The first-order valence-corrected chi connectivity index (χ1v) is 5.93. The summed E-state index contributed by atoms with van der Waals surface area (Å²) in [5.41, 5.74) is 1.42. The molecule has 2 N–H and O–H groups in total. The Labute approximate surface area is 109 Å². The Hall–Kier alpha value is -1.96. The lowest BCUT2D eigenvalue weighted by molar-refractivity contribution is 0.474. The van der Waals surface area contributed by atoms with Gasteiger partial charge in [-0.1, -0.05) is 51.1 Å². The van der Waals surface area contributed by atoms with Crippen LogP contribution in [0, 0.1) is 0 Å². The second-order valence-electron chi connectivity index (χ2n) is 5.13. The van der Waals surface area contributed by atoms with E-state index in [4.69, 9.17) is 10.2 Å². The molecule has 0 spiro atoms. The molecule has 2 rings (SSSR count). The lowest BCUT2D eigenvalue weighted by Crippen LogP contribution is -2.10. The van der Waals surface area contributed by atoms with E-state index in [2.05, 4.69) is 20.8 Å². The molecule has 0 aliphatic rings. The Morgan fingerprint density at radius 3 is 1.44 bits per heavy atom. The summed E-state index contributed by atoms with van der Waals surface area (Å²) < 4.78 is 0. The van der Waals surface area contributed by atoms with Crippen LogP contribution in [-0.2, 0) is 5.41 Å². The molecule has 0 radical (unpaired) electrons. The molecule has 0 amide bonds. The quantitative estimate of drug-likeness (QED) is 0.733. The third-order valence-electron chi connectivity index (χ3n) is 2.49. The van der Waals surface area contributed by atoms with Crippen LogP contribution in [0.5, 0.6) is 11.5 Å².